The van der Waals surface area contributed by atoms with E-state index < -0.39 is 10.0 Å². The summed E-state index contributed by atoms with van der Waals surface area (Å²) < 4.78 is 27.2. The smallest absolute Gasteiger partial charge is 0.239 e. The Morgan fingerprint density at radius 3 is 2.45 bits per heavy atom. The van der Waals surface area contributed by atoms with Gasteiger partial charge in [-0.2, -0.15) is 0 Å². The molecule has 2 aromatic rings. The number of para-hydroxylation sites is 2. The number of rotatable bonds is 3. The van der Waals surface area contributed by atoms with Crippen molar-refractivity contribution in [3.63, 3.8) is 0 Å². The molecule has 1 heterocycles. The van der Waals surface area contributed by atoms with Crippen LogP contribution in [0.2, 0.25) is 0 Å². The molecular formula is C17H20N2O2S. The molecule has 0 N–H and O–H groups in total. The van der Waals surface area contributed by atoms with Gasteiger partial charge in [0.25, 0.3) is 0 Å². The maximum atomic E-state index is 12.8. The van der Waals surface area contributed by atoms with Crippen LogP contribution in [0.3, 0.4) is 0 Å². The van der Waals surface area contributed by atoms with Crippen molar-refractivity contribution < 1.29 is 8.42 Å². The molecule has 0 unspecified atom stereocenters. The highest BCUT2D eigenvalue weighted by Gasteiger charge is 2.29. The molecule has 0 saturated carbocycles. The molecule has 5 heteroatoms. The summed E-state index contributed by atoms with van der Waals surface area (Å²) in [6, 6.07) is 15.3. The predicted molar refractivity (Wildman–Crippen MR) is 90.9 cm³/mol. The number of sulfonamides is 1. The van der Waals surface area contributed by atoms with Gasteiger partial charge in [0.05, 0.1) is 23.7 Å². The van der Waals surface area contributed by atoms with E-state index in [4.69, 9.17) is 0 Å². The number of benzene rings is 2. The quantitative estimate of drug-likeness (QED) is 0.874. The molecule has 1 aliphatic heterocycles. The summed E-state index contributed by atoms with van der Waals surface area (Å²) in [4.78, 5) is 2.09. The van der Waals surface area contributed by atoms with Crippen LogP contribution in [0, 0.1) is 6.92 Å². The first kappa shape index (κ1) is 14.9. The van der Waals surface area contributed by atoms with Gasteiger partial charge in [-0.3, -0.25) is 4.31 Å². The predicted octanol–water partition coefficient (Wildman–Crippen LogP) is 2.78. The van der Waals surface area contributed by atoms with E-state index in [-0.39, 0.29) is 5.75 Å². The lowest BCUT2D eigenvalue weighted by Crippen LogP contribution is -2.43. The van der Waals surface area contributed by atoms with Crippen molar-refractivity contribution >= 4 is 21.4 Å². The van der Waals surface area contributed by atoms with Gasteiger partial charge in [0.15, 0.2) is 0 Å². The zero-order valence-corrected chi connectivity index (χ0v) is 13.7. The summed E-state index contributed by atoms with van der Waals surface area (Å²) in [5, 5.41) is 0. The third kappa shape index (κ3) is 2.81. The lowest BCUT2D eigenvalue weighted by Gasteiger charge is -2.36. The molecule has 0 saturated heterocycles. The second kappa shape index (κ2) is 5.65. The monoisotopic (exact) mass is 316 g/mol. The largest absolute Gasteiger partial charge is 0.371 e. The molecule has 0 spiro atoms. The van der Waals surface area contributed by atoms with Crippen molar-refractivity contribution in [3.8, 4) is 0 Å². The second-order valence-corrected chi connectivity index (χ2v) is 7.62. The molecule has 0 fully saturated rings. The zero-order chi connectivity index (χ0) is 15.7. The van der Waals surface area contributed by atoms with Crippen LogP contribution < -0.4 is 9.21 Å². The molecule has 1 aliphatic rings. The summed E-state index contributed by atoms with van der Waals surface area (Å²) in [7, 11) is -1.39. The summed E-state index contributed by atoms with van der Waals surface area (Å²) in [6.45, 7) is 3.16. The van der Waals surface area contributed by atoms with Crippen LogP contribution in [0.25, 0.3) is 0 Å². The number of hydrogen-bond donors (Lipinski definition) is 0. The standard InChI is InChI=1S/C17H20N2O2S/c1-14-6-5-7-15(12-14)13-22(20,21)19-11-10-18(2)16-8-3-4-9-17(16)19/h3-9,12H,10-11,13H2,1-2H3. The molecule has 22 heavy (non-hydrogen) atoms. The highest BCUT2D eigenvalue weighted by Crippen LogP contribution is 2.34. The van der Waals surface area contributed by atoms with Crippen LogP contribution in [-0.2, 0) is 15.8 Å². The number of nitrogens with zero attached hydrogens (tertiary/aromatic N) is 2. The van der Waals surface area contributed by atoms with E-state index >= 15 is 0 Å². The highest BCUT2D eigenvalue weighted by molar-refractivity contribution is 7.92. The van der Waals surface area contributed by atoms with Crippen molar-refractivity contribution in [2.24, 2.45) is 0 Å². The van der Waals surface area contributed by atoms with E-state index in [0.717, 1.165) is 22.5 Å². The third-order valence-corrected chi connectivity index (χ3v) is 5.72. The Morgan fingerprint density at radius 1 is 1.00 bits per heavy atom. The van der Waals surface area contributed by atoms with Gasteiger partial charge in [-0.25, -0.2) is 8.42 Å². The average molecular weight is 316 g/mol. The van der Waals surface area contributed by atoms with Gasteiger partial charge in [-0.1, -0.05) is 42.0 Å². The Hall–Kier alpha value is -2.01. The topological polar surface area (TPSA) is 40.6 Å². The van der Waals surface area contributed by atoms with Gasteiger partial charge < -0.3 is 4.90 Å². The number of anilines is 2. The number of aryl methyl sites for hydroxylation is 1. The maximum absolute atomic E-state index is 12.8. The molecule has 3 rings (SSSR count). The van der Waals surface area contributed by atoms with E-state index in [0.29, 0.717) is 13.1 Å². The third-order valence-electron chi connectivity index (χ3n) is 3.97. The summed E-state index contributed by atoms with van der Waals surface area (Å²) in [5.74, 6) is 0.0345. The van der Waals surface area contributed by atoms with Crippen molar-refractivity contribution in [2.75, 3.05) is 29.3 Å². The number of hydrogen-bond acceptors (Lipinski definition) is 3. The van der Waals surface area contributed by atoms with E-state index in [9.17, 15) is 8.42 Å². The Bertz CT molecular complexity index is 787. The van der Waals surface area contributed by atoms with Gasteiger partial charge in [0, 0.05) is 13.6 Å². The molecule has 0 bridgehead atoms. The first-order valence-corrected chi connectivity index (χ1v) is 8.94. The molecular weight excluding hydrogens is 296 g/mol. The zero-order valence-electron chi connectivity index (χ0n) is 12.9. The van der Waals surface area contributed by atoms with Crippen LogP contribution in [0.4, 0.5) is 11.4 Å². The van der Waals surface area contributed by atoms with Gasteiger partial charge in [0.2, 0.25) is 10.0 Å². The van der Waals surface area contributed by atoms with Gasteiger partial charge >= 0.3 is 0 Å². The van der Waals surface area contributed by atoms with Crippen molar-refractivity contribution in [1.29, 1.82) is 0 Å². The van der Waals surface area contributed by atoms with Crippen LogP contribution in [0.1, 0.15) is 11.1 Å². The number of fused-ring (bicyclic) bond motifs is 1. The fourth-order valence-electron chi connectivity index (χ4n) is 2.86. The molecule has 0 atom stereocenters. The van der Waals surface area contributed by atoms with Gasteiger partial charge in [-0.15, -0.1) is 0 Å². The molecule has 2 aromatic carbocycles. The van der Waals surface area contributed by atoms with Crippen LogP contribution in [0.5, 0.6) is 0 Å². The van der Waals surface area contributed by atoms with E-state index in [1.807, 2.05) is 62.5 Å². The summed E-state index contributed by atoms with van der Waals surface area (Å²) >= 11 is 0. The summed E-state index contributed by atoms with van der Waals surface area (Å²) in [5.41, 5.74) is 3.63. The summed E-state index contributed by atoms with van der Waals surface area (Å²) in [6.07, 6.45) is 0. The Kier molecular flexibility index (Phi) is 3.83. The van der Waals surface area contributed by atoms with Gasteiger partial charge in [-0.05, 0) is 24.6 Å². The molecule has 116 valence electrons. The molecule has 0 amide bonds. The SMILES string of the molecule is Cc1cccc(CS(=O)(=O)N2CCN(C)c3ccccc32)c1. The van der Waals surface area contributed by atoms with Crippen LogP contribution in [0.15, 0.2) is 48.5 Å². The average Bonchev–Trinajstić information content (AvgIpc) is 2.47. The maximum Gasteiger partial charge on any atom is 0.239 e. The van der Waals surface area contributed by atoms with Crippen molar-refractivity contribution in [3.05, 3.63) is 59.7 Å². The highest BCUT2D eigenvalue weighted by atomic mass is 32.2. The lowest BCUT2D eigenvalue weighted by atomic mass is 10.2. The Balaban J connectivity index is 1.95. The molecule has 0 radical (unpaired) electrons. The second-order valence-electron chi connectivity index (χ2n) is 5.73. The minimum atomic E-state index is -3.38. The Labute approximate surface area is 132 Å². The first-order chi connectivity index (χ1) is 10.5. The first-order valence-electron chi connectivity index (χ1n) is 7.33. The van der Waals surface area contributed by atoms with E-state index in [2.05, 4.69) is 4.90 Å². The Morgan fingerprint density at radius 2 is 1.73 bits per heavy atom. The van der Waals surface area contributed by atoms with Crippen LogP contribution in [-0.4, -0.2) is 28.6 Å². The fraction of sp³-hybridized carbons (Fsp3) is 0.294. The fourth-order valence-corrected chi connectivity index (χ4v) is 4.43. The number of likely N-dealkylation sites (N-methyl/N-ethyl adjacent to an activating group) is 1. The minimum absolute atomic E-state index is 0.0345. The van der Waals surface area contributed by atoms with Crippen molar-refractivity contribution in [2.45, 2.75) is 12.7 Å². The normalized spacial score (nSPS) is 14.8. The van der Waals surface area contributed by atoms with E-state index in [1.165, 1.54) is 0 Å². The van der Waals surface area contributed by atoms with Crippen molar-refractivity contribution in [1.82, 2.24) is 0 Å². The molecule has 0 aromatic heterocycles. The lowest BCUT2D eigenvalue weighted by molar-refractivity contribution is 0.588. The van der Waals surface area contributed by atoms with Gasteiger partial charge in [0.1, 0.15) is 0 Å². The molecule has 0 aliphatic carbocycles. The van der Waals surface area contributed by atoms with Crippen LogP contribution >= 0.6 is 0 Å². The molecule has 4 nitrogen and oxygen atoms in total. The van der Waals surface area contributed by atoms with E-state index in [1.54, 1.807) is 4.31 Å². The minimum Gasteiger partial charge on any atom is -0.371 e.